The molecule has 0 saturated heterocycles. The Balaban J connectivity index is 2.32. The molecule has 1 rings (SSSR count). The average molecular weight is 267 g/mol. The normalized spacial score (nSPS) is 10.4. The second-order valence-corrected chi connectivity index (χ2v) is 4.73. The smallest absolute Gasteiger partial charge is 0.103 e. The van der Waals surface area contributed by atoms with Crippen molar-refractivity contribution in [2.45, 2.75) is 32.8 Å². The third-order valence-corrected chi connectivity index (χ3v) is 2.78. The first-order chi connectivity index (χ1) is 8.65. The summed E-state index contributed by atoms with van der Waals surface area (Å²) >= 11 is 5.94. The highest BCUT2D eigenvalue weighted by Crippen LogP contribution is 2.23. The van der Waals surface area contributed by atoms with Crippen molar-refractivity contribution in [2.75, 3.05) is 18.5 Å². The molecule has 0 aliphatic rings. The minimum atomic E-state index is 0.288. The molecule has 0 atom stereocenters. The van der Waals surface area contributed by atoms with Gasteiger partial charge in [-0.25, -0.2) is 0 Å². The molecule has 0 amide bonds. The monoisotopic (exact) mass is 266 g/mol. The SMILES string of the molecule is CC(C)OCCCCNc1cccc(Cl)c1C#N. The zero-order valence-corrected chi connectivity index (χ0v) is 11.6. The molecule has 1 N–H and O–H groups in total. The number of rotatable bonds is 7. The van der Waals surface area contributed by atoms with Crippen LogP contribution in [0.15, 0.2) is 18.2 Å². The first kappa shape index (κ1) is 14.8. The first-order valence-electron chi connectivity index (χ1n) is 6.19. The summed E-state index contributed by atoms with van der Waals surface area (Å²) in [5.41, 5.74) is 1.31. The van der Waals surface area contributed by atoms with Crippen LogP contribution in [-0.2, 0) is 4.74 Å². The number of hydrogen-bond donors (Lipinski definition) is 1. The molecule has 0 radical (unpaired) electrons. The quantitative estimate of drug-likeness (QED) is 0.763. The predicted octanol–water partition coefficient (Wildman–Crippen LogP) is 3.83. The Hall–Kier alpha value is -1.24. The summed E-state index contributed by atoms with van der Waals surface area (Å²) < 4.78 is 5.46. The fraction of sp³-hybridized carbons (Fsp3) is 0.500. The standard InChI is InChI=1S/C14H19ClN2O/c1-11(2)18-9-4-3-8-17-14-7-5-6-13(15)12(14)10-16/h5-7,11,17H,3-4,8-9H2,1-2H3. The van der Waals surface area contributed by atoms with E-state index in [1.165, 1.54) is 0 Å². The molecule has 0 heterocycles. The van der Waals surface area contributed by atoms with Gasteiger partial charge < -0.3 is 10.1 Å². The maximum Gasteiger partial charge on any atom is 0.103 e. The fourth-order valence-corrected chi connectivity index (χ4v) is 1.77. The van der Waals surface area contributed by atoms with Crippen molar-refractivity contribution in [3.63, 3.8) is 0 Å². The predicted molar refractivity (Wildman–Crippen MR) is 75.0 cm³/mol. The largest absolute Gasteiger partial charge is 0.384 e. The lowest BCUT2D eigenvalue weighted by Gasteiger charge is -2.10. The molecule has 0 unspecified atom stereocenters. The number of hydrogen-bond acceptors (Lipinski definition) is 3. The van der Waals surface area contributed by atoms with E-state index in [0.717, 1.165) is 31.7 Å². The molecule has 0 aliphatic carbocycles. The maximum atomic E-state index is 9.01. The summed E-state index contributed by atoms with van der Waals surface area (Å²) in [5, 5.41) is 12.7. The topological polar surface area (TPSA) is 45.0 Å². The summed E-state index contributed by atoms with van der Waals surface area (Å²) in [6, 6.07) is 7.55. The summed E-state index contributed by atoms with van der Waals surface area (Å²) in [6.45, 7) is 5.66. The van der Waals surface area contributed by atoms with Crippen molar-refractivity contribution in [1.82, 2.24) is 0 Å². The fourth-order valence-electron chi connectivity index (χ4n) is 1.55. The second kappa shape index (κ2) is 7.97. The van der Waals surface area contributed by atoms with Gasteiger partial charge in [-0.1, -0.05) is 17.7 Å². The summed E-state index contributed by atoms with van der Waals surface area (Å²) in [5.74, 6) is 0. The number of benzene rings is 1. The van der Waals surface area contributed by atoms with E-state index in [4.69, 9.17) is 21.6 Å². The Morgan fingerprint density at radius 1 is 1.39 bits per heavy atom. The molecule has 0 aromatic heterocycles. The number of anilines is 1. The Bertz CT molecular complexity index is 413. The van der Waals surface area contributed by atoms with Gasteiger partial charge in [0.15, 0.2) is 0 Å². The van der Waals surface area contributed by atoms with Crippen LogP contribution in [0.2, 0.25) is 5.02 Å². The van der Waals surface area contributed by atoms with E-state index in [2.05, 4.69) is 11.4 Å². The molecule has 3 nitrogen and oxygen atoms in total. The van der Waals surface area contributed by atoms with E-state index in [-0.39, 0.29) is 6.10 Å². The lowest BCUT2D eigenvalue weighted by Crippen LogP contribution is -2.07. The zero-order chi connectivity index (χ0) is 13.4. The number of ether oxygens (including phenoxy) is 1. The van der Waals surface area contributed by atoms with Crippen molar-refractivity contribution in [1.29, 1.82) is 5.26 Å². The maximum absolute atomic E-state index is 9.01. The van der Waals surface area contributed by atoms with Crippen molar-refractivity contribution < 1.29 is 4.74 Å². The Morgan fingerprint density at radius 3 is 2.83 bits per heavy atom. The Morgan fingerprint density at radius 2 is 2.17 bits per heavy atom. The third-order valence-electron chi connectivity index (χ3n) is 2.46. The molecule has 0 bridgehead atoms. The zero-order valence-electron chi connectivity index (χ0n) is 10.9. The van der Waals surface area contributed by atoms with E-state index in [0.29, 0.717) is 10.6 Å². The number of nitrogens with one attached hydrogen (secondary N) is 1. The van der Waals surface area contributed by atoms with Crippen molar-refractivity contribution in [3.05, 3.63) is 28.8 Å². The molecule has 4 heteroatoms. The molecule has 1 aromatic carbocycles. The molecular formula is C14H19ClN2O. The van der Waals surface area contributed by atoms with E-state index in [1.807, 2.05) is 26.0 Å². The van der Waals surface area contributed by atoms with Gasteiger partial charge in [-0.15, -0.1) is 0 Å². The van der Waals surface area contributed by atoms with Crippen LogP contribution in [0.4, 0.5) is 5.69 Å². The van der Waals surface area contributed by atoms with E-state index in [1.54, 1.807) is 6.07 Å². The van der Waals surface area contributed by atoms with Gasteiger partial charge in [-0.3, -0.25) is 0 Å². The second-order valence-electron chi connectivity index (χ2n) is 4.33. The molecule has 0 saturated carbocycles. The highest BCUT2D eigenvalue weighted by atomic mass is 35.5. The van der Waals surface area contributed by atoms with Gasteiger partial charge in [0.25, 0.3) is 0 Å². The van der Waals surface area contributed by atoms with Crippen LogP contribution in [-0.4, -0.2) is 19.3 Å². The Kier molecular flexibility index (Phi) is 6.56. The van der Waals surface area contributed by atoms with Crippen LogP contribution in [0.1, 0.15) is 32.3 Å². The van der Waals surface area contributed by atoms with Crippen molar-refractivity contribution >= 4 is 17.3 Å². The lowest BCUT2D eigenvalue weighted by molar-refractivity contribution is 0.0765. The first-order valence-corrected chi connectivity index (χ1v) is 6.57. The van der Waals surface area contributed by atoms with Gasteiger partial charge in [0.2, 0.25) is 0 Å². The highest BCUT2D eigenvalue weighted by Gasteiger charge is 2.05. The van der Waals surface area contributed by atoms with Crippen LogP contribution in [0, 0.1) is 11.3 Å². The van der Waals surface area contributed by atoms with Gasteiger partial charge in [0, 0.05) is 13.2 Å². The average Bonchev–Trinajstić information content (AvgIpc) is 2.33. The molecule has 1 aromatic rings. The summed E-state index contributed by atoms with van der Waals surface area (Å²) in [4.78, 5) is 0. The third kappa shape index (κ3) is 4.95. The van der Waals surface area contributed by atoms with Gasteiger partial charge in [-0.05, 0) is 38.8 Å². The van der Waals surface area contributed by atoms with E-state index in [9.17, 15) is 0 Å². The molecule has 0 aliphatic heterocycles. The number of nitriles is 1. The molecule has 0 fully saturated rings. The summed E-state index contributed by atoms with van der Waals surface area (Å²) in [6.07, 6.45) is 2.30. The van der Waals surface area contributed by atoms with Gasteiger partial charge >= 0.3 is 0 Å². The Labute approximate surface area is 114 Å². The number of halogens is 1. The van der Waals surface area contributed by atoms with E-state index >= 15 is 0 Å². The van der Waals surface area contributed by atoms with Crippen LogP contribution < -0.4 is 5.32 Å². The number of unbranched alkanes of at least 4 members (excludes halogenated alkanes) is 1. The number of nitrogens with zero attached hydrogens (tertiary/aromatic N) is 1. The minimum absolute atomic E-state index is 0.288. The minimum Gasteiger partial charge on any atom is -0.384 e. The van der Waals surface area contributed by atoms with Crippen LogP contribution in [0.25, 0.3) is 0 Å². The van der Waals surface area contributed by atoms with Crippen LogP contribution in [0.3, 0.4) is 0 Å². The lowest BCUT2D eigenvalue weighted by atomic mass is 10.2. The van der Waals surface area contributed by atoms with Gasteiger partial charge in [0.1, 0.15) is 6.07 Å². The van der Waals surface area contributed by atoms with Crippen molar-refractivity contribution in [2.24, 2.45) is 0 Å². The molecule has 18 heavy (non-hydrogen) atoms. The molecular weight excluding hydrogens is 248 g/mol. The van der Waals surface area contributed by atoms with Crippen LogP contribution >= 0.6 is 11.6 Å². The van der Waals surface area contributed by atoms with Crippen LogP contribution in [0.5, 0.6) is 0 Å². The summed E-state index contributed by atoms with van der Waals surface area (Å²) in [7, 11) is 0. The van der Waals surface area contributed by atoms with Crippen molar-refractivity contribution in [3.8, 4) is 6.07 Å². The van der Waals surface area contributed by atoms with Gasteiger partial charge in [0.05, 0.1) is 22.4 Å². The molecule has 0 spiro atoms. The highest BCUT2D eigenvalue weighted by molar-refractivity contribution is 6.32. The molecule has 98 valence electrons. The van der Waals surface area contributed by atoms with E-state index < -0.39 is 0 Å². The van der Waals surface area contributed by atoms with Gasteiger partial charge in [-0.2, -0.15) is 5.26 Å².